The molecular weight excluding hydrogens is 360 g/mol. The molecule has 0 spiro atoms. The summed E-state index contributed by atoms with van der Waals surface area (Å²) in [5, 5.41) is 0. The van der Waals surface area contributed by atoms with Gasteiger partial charge in [0.2, 0.25) is 0 Å². The Morgan fingerprint density at radius 1 is 1.21 bits per heavy atom. The number of aromatic nitrogens is 4. The first-order chi connectivity index (χ1) is 13.6. The number of fused-ring (bicyclic) bond motifs is 1. The Morgan fingerprint density at radius 3 is 2.71 bits per heavy atom. The summed E-state index contributed by atoms with van der Waals surface area (Å²) in [6.45, 7) is 5.07. The number of carbonyl (C=O) groups excluding carboxylic acids is 1. The molecule has 2 aromatic heterocycles. The summed E-state index contributed by atoms with van der Waals surface area (Å²) in [6.07, 6.45) is 8.96. The molecule has 0 bridgehead atoms. The molecule has 1 aliphatic rings. The van der Waals surface area contributed by atoms with Gasteiger partial charge < -0.3 is 9.30 Å². The normalized spacial score (nSPS) is 16.6. The second-order valence-electron chi connectivity index (χ2n) is 7.21. The maximum absolute atomic E-state index is 12.5. The summed E-state index contributed by atoms with van der Waals surface area (Å²) in [5.41, 5.74) is -0.181. The van der Waals surface area contributed by atoms with Crippen molar-refractivity contribution in [2.24, 2.45) is 5.92 Å². The molecular formula is C20H28N4O4. The molecule has 0 aromatic carbocycles. The number of H-pyrrole nitrogens is 1. The summed E-state index contributed by atoms with van der Waals surface area (Å²) in [7, 11) is 0. The van der Waals surface area contributed by atoms with Crippen LogP contribution in [0.5, 0.6) is 0 Å². The highest BCUT2D eigenvalue weighted by Crippen LogP contribution is 2.21. The second-order valence-corrected chi connectivity index (χ2v) is 7.21. The Bertz CT molecular complexity index is 982. The van der Waals surface area contributed by atoms with Crippen LogP contribution < -0.4 is 11.2 Å². The summed E-state index contributed by atoms with van der Waals surface area (Å²) in [4.78, 5) is 44.1. The molecule has 1 unspecified atom stereocenters. The van der Waals surface area contributed by atoms with Gasteiger partial charge in [0, 0.05) is 13.1 Å². The Hall–Kier alpha value is -2.64. The van der Waals surface area contributed by atoms with Crippen LogP contribution in [-0.2, 0) is 29.2 Å². The van der Waals surface area contributed by atoms with Crippen molar-refractivity contribution in [3.05, 3.63) is 38.8 Å². The number of nitrogens with zero attached hydrogens (tertiary/aromatic N) is 3. The van der Waals surface area contributed by atoms with E-state index in [-0.39, 0.29) is 18.5 Å². The van der Waals surface area contributed by atoms with Crippen molar-refractivity contribution in [3.63, 3.8) is 0 Å². The number of imidazole rings is 1. The number of allylic oxidation sites excluding steroid dienone is 2. The van der Waals surface area contributed by atoms with Crippen molar-refractivity contribution in [3.8, 4) is 0 Å². The minimum Gasteiger partial charge on any atom is -0.457 e. The number of esters is 1. The van der Waals surface area contributed by atoms with Gasteiger partial charge in [0.05, 0.1) is 5.92 Å². The van der Waals surface area contributed by atoms with Crippen LogP contribution in [-0.4, -0.2) is 25.1 Å². The topological polar surface area (TPSA) is 99.0 Å². The average molecular weight is 388 g/mol. The molecule has 0 fully saturated rings. The molecule has 0 saturated heterocycles. The lowest BCUT2D eigenvalue weighted by molar-refractivity contribution is -0.150. The highest BCUT2D eigenvalue weighted by Gasteiger charge is 2.23. The number of nitrogens with one attached hydrogen (secondary N) is 1. The molecule has 28 heavy (non-hydrogen) atoms. The van der Waals surface area contributed by atoms with Crippen LogP contribution in [0, 0.1) is 5.92 Å². The number of unbranched alkanes of at least 4 members (excludes halogenated alkanes) is 1. The fraction of sp³-hybridized carbons (Fsp3) is 0.600. The van der Waals surface area contributed by atoms with Gasteiger partial charge in [-0.15, -0.1) is 0 Å². The van der Waals surface area contributed by atoms with Crippen LogP contribution in [0.1, 0.15) is 58.2 Å². The lowest BCUT2D eigenvalue weighted by Gasteiger charge is -2.16. The monoisotopic (exact) mass is 388 g/mol. The van der Waals surface area contributed by atoms with E-state index in [2.05, 4.69) is 16.0 Å². The van der Waals surface area contributed by atoms with Gasteiger partial charge in [-0.2, -0.15) is 0 Å². The first kappa shape index (κ1) is 20.1. The minimum atomic E-state index is -0.455. The van der Waals surface area contributed by atoms with Crippen LogP contribution in [0.3, 0.4) is 0 Å². The van der Waals surface area contributed by atoms with Crippen molar-refractivity contribution < 1.29 is 9.53 Å². The van der Waals surface area contributed by atoms with Gasteiger partial charge in [-0.1, -0.05) is 32.4 Å². The molecule has 2 heterocycles. The fourth-order valence-corrected chi connectivity index (χ4v) is 3.58. The fourth-order valence-electron chi connectivity index (χ4n) is 3.58. The van der Waals surface area contributed by atoms with E-state index in [1.807, 2.05) is 19.9 Å². The number of hydrogen-bond donors (Lipinski definition) is 1. The summed E-state index contributed by atoms with van der Waals surface area (Å²) < 4.78 is 8.79. The first-order valence-electron chi connectivity index (χ1n) is 10.1. The van der Waals surface area contributed by atoms with E-state index < -0.39 is 11.2 Å². The van der Waals surface area contributed by atoms with Gasteiger partial charge in [0.15, 0.2) is 11.2 Å². The Kier molecular flexibility index (Phi) is 6.49. The zero-order chi connectivity index (χ0) is 20.1. The van der Waals surface area contributed by atoms with E-state index >= 15 is 0 Å². The highest BCUT2D eigenvalue weighted by atomic mass is 16.5. The van der Waals surface area contributed by atoms with Crippen molar-refractivity contribution in [2.45, 2.75) is 72.1 Å². The molecule has 1 aliphatic carbocycles. The predicted molar refractivity (Wildman–Crippen MR) is 106 cm³/mol. The lowest BCUT2D eigenvalue weighted by Crippen LogP contribution is -2.31. The summed E-state index contributed by atoms with van der Waals surface area (Å²) in [6, 6.07) is 0. The predicted octanol–water partition coefficient (Wildman–Crippen LogP) is 2.50. The van der Waals surface area contributed by atoms with E-state index in [9.17, 15) is 14.4 Å². The molecule has 2 aromatic rings. The smallest absolute Gasteiger partial charge is 0.330 e. The van der Waals surface area contributed by atoms with Gasteiger partial charge in [-0.25, -0.2) is 9.78 Å². The van der Waals surface area contributed by atoms with Crippen molar-refractivity contribution in [2.75, 3.05) is 0 Å². The average Bonchev–Trinajstić information content (AvgIpc) is 3.05. The van der Waals surface area contributed by atoms with Gasteiger partial charge in [-0.3, -0.25) is 19.1 Å². The Morgan fingerprint density at radius 2 is 2.04 bits per heavy atom. The minimum absolute atomic E-state index is 0.00483. The number of rotatable bonds is 8. The number of carbonyl (C=O) groups is 1. The molecule has 0 radical (unpaired) electrons. The van der Waals surface area contributed by atoms with Gasteiger partial charge in [-0.05, 0) is 32.1 Å². The Labute approximate surface area is 163 Å². The van der Waals surface area contributed by atoms with Crippen molar-refractivity contribution in [1.29, 1.82) is 0 Å². The van der Waals surface area contributed by atoms with Gasteiger partial charge >= 0.3 is 11.7 Å². The van der Waals surface area contributed by atoms with Crippen LogP contribution in [0.25, 0.3) is 11.2 Å². The molecule has 8 nitrogen and oxygen atoms in total. The quantitative estimate of drug-likeness (QED) is 0.553. The zero-order valence-electron chi connectivity index (χ0n) is 16.6. The second kappa shape index (κ2) is 9.03. The van der Waals surface area contributed by atoms with Crippen LogP contribution in [0.4, 0.5) is 0 Å². The van der Waals surface area contributed by atoms with E-state index in [1.54, 1.807) is 4.57 Å². The van der Waals surface area contributed by atoms with Crippen LogP contribution in [0.2, 0.25) is 0 Å². The highest BCUT2D eigenvalue weighted by molar-refractivity contribution is 5.73. The number of hydrogen-bond acceptors (Lipinski definition) is 5. The third-order valence-corrected chi connectivity index (χ3v) is 5.09. The molecule has 8 heteroatoms. The van der Waals surface area contributed by atoms with Crippen molar-refractivity contribution >= 4 is 17.1 Å². The van der Waals surface area contributed by atoms with Crippen LogP contribution in [0.15, 0.2) is 21.7 Å². The van der Waals surface area contributed by atoms with E-state index in [0.717, 1.165) is 32.1 Å². The molecule has 0 saturated carbocycles. The van der Waals surface area contributed by atoms with E-state index in [4.69, 9.17) is 4.74 Å². The molecule has 0 amide bonds. The molecule has 3 rings (SSSR count). The van der Waals surface area contributed by atoms with Crippen molar-refractivity contribution in [1.82, 2.24) is 19.1 Å². The molecule has 1 atom stereocenters. The summed E-state index contributed by atoms with van der Waals surface area (Å²) >= 11 is 0. The number of aryl methyl sites for hydroxylation is 2. The number of ether oxygens (including phenoxy) is 1. The maximum Gasteiger partial charge on any atom is 0.330 e. The van der Waals surface area contributed by atoms with Crippen LogP contribution >= 0.6 is 0 Å². The van der Waals surface area contributed by atoms with Gasteiger partial charge in [0.1, 0.15) is 12.4 Å². The third-order valence-electron chi connectivity index (χ3n) is 5.09. The number of aromatic amines is 1. The molecule has 0 aliphatic heterocycles. The SMILES string of the molecule is CCCCn1c(=O)[nH]c(=O)c2c1nc(COC(=O)C1CC=CCC1)n2CCC. The largest absolute Gasteiger partial charge is 0.457 e. The standard InChI is InChI=1S/C20H28N4O4/c1-3-5-12-24-17-16(18(25)22-20(24)27)23(11-4-2)15(21-17)13-28-19(26)14-9-7-6-8-10-14/h6-7,14H,3-5,8-13H2,1-2H3,(H,22,25,27). The van der Waals surface area contributed by atoms with E-state index in [1.165, 1.54) is 4.57 Å². The third kappa shape index (κ3) is 4.10. The Balaban J connectivity index is 1.94. The summed E-state index contributed by atoms with van der Waals surface area (Å²) in [5.74, 6) is 0.134. The molecule has 152 valence electrons. The van der Waals surface area contributed by atoms with E-state index in [0.29, 0.717) is 36.5 Å². The molecule has 1 N–H and O–H groups in total. The van der Waals surface area contributed by atoms with Gasteiger partial charge in [0.25, 0.3) is 5.56 Å². The zero-order valence-corrected chi connectivity index (χ0v) is 16.6. The lowest BCUT2D eigenvalue weighted by atomic mass is 9.95. The first-order valence-corrected chi connectivity index (χ1v) is 10.1. The maximum atomic E-state index is 12.5.